The normalized spacial score (nSPS) is 14.4. The Balaban J connectivity index is 2.77. The number of alkyl halides is 1. The van der Waals surface area contributed by atoms with Gasteiger partial charge in [-0.25, -0.2) is 14.8 Å². The van der Waals surface area contributed by atoms with E-state index in [1.807, 2.05) is 0 Å². The molecule has 0 saturated heterocycles. The molecular formula is C9H11ClN2O4. The van der Waals surface area contributed by atoms with E-state index in [1.165, 1.54) is 12.4 Å². The first-order valence-electron chi connectivity index (χ1n) is 4.53. The van der Waals surface area contributed by atoms with Crippen molar-refractivity contribution in [1.29, 1.82) is 0 Å². The first-order valence-corrected chi connectivity index (χ1v) is 5.07. The van der Waals surface area contributed by atoms with Crippen LogP contribution < -0.4 is 0 Å². The van der Waals surface area contributed by atoms with Gasteiger partial charge in [0.15, 0.2) is 0 Å². The molecule has 1 aromatic rings. The fourth-order valence-corrected chi connectivity index (χ4v) is 1.32. The molecule has 0 bridgehead atoms. The van der Waals surface area contributed by atoms with Crippen LogP contribution in [0.5, 0.6) is 0 Å². The Labute approximate surface area is 96.5 Å². The molecule has 7 heteroatoms. The van der Waals surface area contributed by atoms with Crippen molar-refractivity contribution in [3.05, 3.63) is 23.8 Å². The van der Waals surface area contributed by atoms with Crippen molar-refractivity contribution in [3.63, 3.8) is 0 Å². The van der Waals surface area contributed by atoms with Crippen LogP contribution in [0.1, 0.15) is 28.7 Å². The van der Waals surface area contributed by atoms with Gasteiger partial charge in [0, 0.05) is 23.8 Å². The zero-order chi connectivity index (χ0) is 12.1. The lowest BCUT2D eigenvalue weighted by atomic mass is 10.1. The number of hydrogen-bond acceptors (Lipinski definition) is 5. The molecule has 16 heavy (non-hydrogen) atoms. The zero-order valence-corrected chi connectivity index (χ0v) is 9.00. The molecular weight excluding hydrogens is 236 g/mol. The second kappa shape index (κ2) is 5.74. The quantitative estimate of drug-likeness (QED) is 0.641. The third-order valence-corrected chi connectivity index (χ3v) is 2.19. The van der Waals surface area contributed by atoms with Crippen LogP contribution in [-0.4, -0.2) is 43.2 Å². The lowest BCUT2D eigenvalue weighted by molar-refractivity contribution is 0.0165. The van der Waals surface area contributed by atoms with Crippen LogP contribution in [-0.2, 0) is 0 Å². The summed E-state index contributed by atoms with van der Waals surface area (Å²) in [4.78, 5) is 17.5. The van der Waals surface area contributed by atoms with Crippen molar-refractivity contribution in [2.45, 2.75) is 18.6 Å². The summed E-state index contributed by atoms with van der Waals surface area (Å²) in [6.07, 6.45) is 0.374. The average molecular weight is 247 g/mol. The molecule has 0 spiro atoms. The number of nitrogens with zero attached hydrogens (tertiary/aromatic N) is 2. The molecule has 0 saturated carbocycles. The predicted octanol–water partition coefficient (Wildman–Crippen LogP) is 0.198. The predicted molar refractivity (Wildman–Crippen MR) is 55.3 cm³/mol. The summed E-state index contributed by atoms with van der Waals surface area (Å²) in [5, 5.41) is 27.6. The van der Waals surface area contributed by atoms with Crippen LogP contribution in [0.15, 0.2) is 12.4 Å². The second-order valence-corrected chi connectivity index (χ2v) is 3.51. The van der Waals surface area contributed by atoms with Gasteiger partial charge in [-0.3, -0.25) is 0 Å². The summed E-state index contributed by atoms with van der Waals surface area (Å²) in [6, 6.07) is 0. The third-order valence-electron chi connectivity index (χ3n) is 1.97. The van der Waals surface area contributed by atoms with Gasteiger partial charge >= 0.3 is 5.97 Å². The molecule has 0 radical (unpaired) electrons. The third kappa shape index (κ3) is 3.13. The highest BCUT2D eigenvalue weighted by Crippen LogP contribution is 2.17. The smallest absolute Gasteiger partial charge is 0.373 e. The van der Waals surface area contributed by atoms with E-state index in [0.717, 1.165) is 0 Å². The van der Waals surface area contributed by atoms with E-state index in [2.05, 4.69) is 9.97 Å². The summed E-state index contributed by atoms with van der Waals surface area (Å²) < 4.78 is 0. The van der Waals surface area contributed by atoms with Crippen molar-refractivity contribution < 1.29 is 20.1 Å². The highest BCUT2D eigenvalue weighted by atomic mass is 35.5. The van der Waals surface area contributed by atoms with Crippen molar-refractivity contribution in [2.24, 2.45) is 0 Å². The molecule has 0 amide bonds. The average Bonchev–Trinajstić information content (AvgIpc) is 2.28. The minimum atomic E-state index is -1.25. The van der Waals surface area contributed by atoms with Crippen molar-refractivity contribution in [3.8, 4) is 0 Å². The van der Waals surface area contributed by atoms with Crippen LogP contribution in [0, 0.1) is 0 Å². The number of hydrogen-bond donors (Lipinski definition) is 3. The minimum absolute atomic E-state index is 0.215. The first kappa shape index (κ1) is 12.8. The topological polar surface area (TPSA) is 104 Å². The van der Waals surface area contributed by atoms with Gasteiger partial charge in [-0.15, -0.1) is 11.6 Å². The Kier molecular flexibility index (Phi) is 4.60. The maximum absolute atomic E-state index is 10.5. The fourth-order valence-electron chi connectivity index (χ4n) is 1.09. The summed E-state index contributed by atoms with van der Waals surface area (Å²) >= 11 is 5.41. The molecule has 1 rings (SSSR count). The summed E-state index contributed by atoms with van der Waals surface area (Å²) in [5.41, 5.74) is 0.252. The molecule has 6 nitrogen and oxygen atoms in total. The van der Waals surface area contributed by atoms with Gasteiger partial charge in [0.05, 0.1) is 6.10 Å². The van der Waals surface area contributed by atoms with Crippen molar-refractivity contribution >= 4 is 17.6 Å². The largest absolute Gasteiger partial charge is 0.475 e. The molecule has 0 fully saturated rings. The van der Waals surface area contributed by atoms with E-state index < -0.39 is 18.2 Å². The minimum Gasteiger partial charge on any atom is -0.475 e. The van der Waals surface area contributed by atoms with Crippen LogP contribution in [0.25, 0.3) is 0 Å². The molecule has 1 heterocycles. The molecule has 0 aliphatic rings. The first-order chi connectivity index (χ1) is 7.56. The second-order valence-electron chi connectivity index (χ2n) is 3.13. The number of rotatable bonds is 5. The van der Waals surface area contributed by atoms with E-state index in [1.54, 1.807) is 0 Å². The maximum Gasteiger partial charge on any atom is 0.373 e. The molecule has 2 unspecified atom stereocenters. The fraction of sp³-hybridized carbons (Fsp3) is 0.444. The zero-order valence-electron chi connectivity index (χ0n) is 8.25. The van der Waals surface area contributed by atoms with E-state index in [9.17, 15) is 15.0 Å². The lowest BCUT2D eigenvalue weighted by Crippen LogP contribution is -2.19. The van der Waals surface area contributed by atoms with Gasteiger partial charge in [0.25, 0.3) is 0 Å². The number of halogens is 1. The maximum atomic E-state index is 10.5. The Morgan fingerprint density at radius 1 is 1.38 bits per heavy atom. The van der Waals surface area contributed by atoms with Crippen molar-refractivity contribution in [1.82, 2.24) is 9.97 Å². The molecule has 1 aromatic heterocycles. The summed E-state index contributed by atoms with van der Waals surface area (Å²) in [5.74, 6) is -1.39. The number of aromatic nitrogens is 2. The van der Waals surface area contributed by atoms with Gasteiger partial charge in [0.2, 0.25) is 5.82 Å². The Morgan fingerprint density at radius 3 is 2.38 bits per heavy atom. The SMILES string of the molecule is O=C(O)c1ncc(C(O)C(O)CCCl)cn1. The van der Waals surface area contributed by atoms with Gasteiger partial charge in [-0.05, 0) is 6.42 Å². The highest BCUT2D eigenvalue weighted by Gasteiger charge is 2.19. The number of carboxylic acids is 1. The van der Waals surface area contributed by atoms with Gasteiger partial charge < -0.3 is 15.3 Å². The number of carbonyl (C=O) groups is 1. The number of carboxylic acid groups (broad SMARTS) is 1. The van der Waals surface area contributed by atoms with E-state index >= 15 is 0 Å². The highest BCUT2D eigenvalue weighted by molar-refractivity contribution is 6.17. The monoisotopic (exact) mass is 246 g/mol. The van der Waals surface area contributed by atoms with Crippen LogP contribution in [0.2, 0.25) is 0 Å². The number of aromatic carboxylic acids is 1. The van der Waals surface area contributed by atoms with Gasteiger partial charge in [-0.1, -0.05) is 0 Å². The van der Waals surface area contributed by atoms with Crippen molar-refractivity contribution in [2.75, 3.05) is 5.88 Å². The molecule has 3 N–H and O–H groups in total. The van der Waals surface area contributed by atoms with Crippen LogP contribution >= 0.6 is 11.6 Å². The molecule has 2 atom stereocenters. The van der Waals surface area contributed by atoms with E-state index in [4.69, 9.17) is 16.7 Å². The molecule has 0 aliphatic heterocycles. The molecule has 0 aliphatic carbocycles. The molecule has 0 aromatic carbocycles. The Hall–Kier alpha value is -1.24. The molecule has 88 valence electrons. The van der Waals surface area contributed by atoms with Gasteiger partial charge in [0.1, 0.15) is 6.10 Å². The Bertz CT molecular complexity index is 357. The summed E-state index contributed by atoms with van der Waals surface area (Å²) in [7, 11) is 0. The van der Waals surface area contributed by atoms with E-state index in [-0.39, 0.29) is 23.7 Å². The number of aliphatic hydroxyl groups is 2. The van der Waals surface area contributed by atoms with Crippen LogP contribution in [0.4, 0.5) is 0 Å². The van der Waals surface area contributed by atoms with E-state index in [0.29, 0.717) is 0 Å². The lowest BCUT2D eigenvalue weighted by Gasteiger charge is -2.16. The summed E-state index contributed by atoms with van der Waals surface area (Å²) in [6.45, 7) is 0. The van der Waals surface area contributed by atoms with Crippen LogP contribution in [0.3, 0.4) is 0 Å². The Morgan fingerprint density at radius 2 is 1.94 bits per heavy atom. The number of aliphatic hydroxyl groups excluding tert-OH is 2. The standard InChI is InChI=1S/C9H11ClN2O4/c10-2-1-6(13)7(14)5-3-11-8(9(15)16)12-4-5/h3-4,6-7,13-14H,1-2H2,(H,15,16). The van der Waals surface area contributed by atoms with Gasteiger partial charge in [-0.2, -0.15) is 0 Å².